The molecule has 0 saturated carbocycles. The van der Waals surface area contributed by atoms with Gasteiger partial charge in [0.05, 0.1) is 20.1 Å². The molecule has 0 aliphatic heterocycles. The highest BCUT2D eigenvalue weighted by atomic mass is 16.5. The highest BCUT2D eigenvalue weighted by Crippen LogP contribution is 2.43. The van der Waals surface area contributed by atoms with Gasteiger partial charge in [-0.1, -0.05) is 60.5 Å². The second-order valence-corrected chi connectivity index (χ2v) is 9.16. The van der Waals surface area contributed by atoms with Crippen molar-refractivity contribution in [1.29, 1.82) is 0 Å². The molecule has 0 aromatic heterocycles. The van der Waals surface area contributed by atoms with E-state index in [-0.39, 0.29) is 0 Å². The smallest absolute Gasteiger partial charge is 0.308 e. The van der Waals surface area contributed by atoms with Crippen molar-refractivity contribution in [1.82, 2.24) is 0 Å². The number of aliphatic carboxylic acids is 1. The first-order chi connectivity index (χ1) is 15.6. The zero-order valence-electron chi connectivity index (χ0n) is 20.7. The van der Waals surface area contributed by atoms with E-state index in [0.29, 0.717) is 6.42 Å². The van der Waals surface area contributed by atoms with Crippen LogP contribution in [0.25, 0.3) is 0 Å². The van der Waals surface area contributed by atoms with Crippen molar-refractivity contribution >= 4 is 5.97 Å². The van der Waals surface area contributed by atoms with Gasteiger partial charge >= 0.3 is 5.97 Å². The van der Waals surface area contributed by atoms with E-state index in [1.165, 1.54) is 0 Å². The molecule has 0 aliphatic carbocycles. The van der Waals surface area contributed by atoms with Crippen molar-refractivity contribution in [3.63, 3.8) is 0 Å². The van der Waals surface area contributed by atoms with Crippen molar-refractivity contribution in [2.24, 2.45) is 5.92 Å². The molecular weight excluding hydrogens is 412 g/mol. The first-order valence-electron chi connectivity index (χ1n) is 11.2. The van der Waals surface area contributed by atoms with Crippen molar-refractivity contribution in [2.75, 3.05) is 14.2 Å². The Labute approximate surface area is 197 Å². The number of ether oxygens (including phenoxy) is 2. The van der Waals surface area contributed by atoms with E-state index >= 15 is 0 Å². The van der Waals surface area contributed by atoms with Crippen LogP contribution in [0.2, 0.25) is 0 Å². The van der Waals surface area contributed by atoms with Crippen molar-refractivity contribution in [3.8, 4) is 11.5 Å². The third-order valence-electron chi connectivity index (χ3n) is 6.71. The van der Waals surface area contributed by atoms with Gasteiger partial charge in [0, 0.05) is 5.41 Å². The minimum Gasteiger partial charge on any atom is -0.496 e. The highest BCUT2D eigenvalue weighted by molar-refractivity contribution is 5.75. The van der Waals surface area contributed by atoms with Crippen molar-refractivity contribution in [3.05, 3.63) is 93.5 Å². The molecule has 0 bridgehead atoms. The van der Waals surface area contributed by atoms with Gasteiger partial charge in [-0.25, -0.2) is 0 Å². The second kappa shape index (κ2) is 9.70. The van der Waals surface area contributed by atoms with E-state index in [9.17, 15) is 9.90 Å². The minimum absolute atomic E-state index is 0.421. The predicted molar refractivity (Wildman–Crippen MR) is 133 cm³/mol. The number of rotatable bonds is 8. The summed E-state index contributed by atoms with van der Waals surface area (Å²) >= 11 is 0. The summed E-state index contributed by atoms with van der Waals surface area (Å²) in [6.45, 7) is 10.1. The maximum absolute atomic E-state index is 12.8. The standard InChI is InChI=1S/C29H34O4/c1-18-12-19(2)14-22(13-18)17-25(28(30)31)29(5,23-8-10-26(32-6)20(3)15-23)24-9-11-27(33-7)21(4)16-24/h8-16,25H,17H2,1-7H3,(H,30,31). The summed E-state index contributed by atoms with van der Waals surface area (Å²) in [5.41, 5.74) is 6.36. The summed E-state index contributed by atoms with van der Waals surface area (Å²) < 4.78 is 10.9. The number of carboxylic acid groups (broad SMARTS) is 1. The zero-order chi connectivity index (χ0) is 24.3. The predicted octanol–water partition coefficient (Wildman–Crippen LogP) is 6.19. The Morgan fingerprint density at radius 3 is 1.64 bits per heavy atom. The Balaban J connectivity index is 2.24. The van der Waals surface area contributed by atoms with Crippen LogP contribution in [0, 0.1) is 33.6 Å². The van der Waals surface area contributed by atoms with Crippen LogP contribution in [-0.4, -0.2) is 25.3 Å². The van der Waals surface area contributed by atoms with Gasteiger partial charge in [-0.3, -0.25) is 4.79 Å². The Kier molecular flexibility index (Phi) is 7.16. The first-order valence-corrected chi connectivity index (χ1v) is 11.2. The number of methoxy groups -OCH3 is 2. The van der Waals surface area contributed by atoms with Crippen LogP contribution in [0.4, 0.5) is 0 Å². The maximum atomic E-state index is 12.8. The molecule has 0 amide bonds. The van der Waals surface area contributed by atoms with E-state index in [1.54, 1.807) is 14.2 Å². The number of carbonyl (C=O) groups is 1. The molecule has 1 unspecified atom stereocenters. The van der Waals surface area contributed by atoms with Gasteiger partial charge in [0.1, 0.15) is 11.5 Å². The van der Waals surface area contributed by atoms with E-state index in [0.717, 1.165) is 50.4 Å². The van der Waals surface area contributed by atoms with Crippen LogP contribution in [0.5, 0.6) is 11.5 Å². The Hall–Kier alpha value is -3.27. The molecule has 0 fully saturated rings. The van der Waals surface area contributed by atoms with E-state index in [1.807, 2.05) is 58.9 Å². The second-order valence-electron chi connectivity index (χ2n) is 9.16. The van der Waals surface area contributed by atoms with Crippen LogP contribution in [0.3, 0.4) is 0 Å². The number of hydrogen-bond acceptors (Lipinski definition) is 3. The van der Waals surface area contributed by atoms with Crippen molar-refractivity contribution in [2.45, 2.75) is 46.5 Å². The van der Waals surface area contributed by atoms with Crippen LogP contribution >= 0.6 is 0 Å². The molecule has 33 heavy (non-hydrogen) atoms. The molecule has 1 atom stereocenters. The Bertz CT molecular complexity index is 1090. The lowest BCUT2D eigenvalue weighted by atomic mass is 9.65. The fourth-order valence-corrected chi connectivity index (χ4v) is 4.93. The summed E-state index contributed by atoms with van der Waals surface area (Å²) in [5, 5.41) is 10.5. The molecular formula is C29H34O4. The largest absolute Gasteiger partial charge is 0.496 e. The fourth-order valence-electron chi connectivity index (χ4n) is 4.93. The van der Waals surface area contributed by atoms with Crippen LogP contribution in [0.15, 0.2) is 54.6 Å². The van der Waals surface area contributed by atoms with Gasteiger partial charge in [0.2, 0.25) is 0 Å². The minimum atomic E-state index is -0.821. The molecule has 4 nitrogen and oxygen atoms in total. The quantitative estimate of drug-likeness (QED) is 0.448. The maximum Gasteiger partial charge on any atom is 0.308 e. The average molecular weight is 447 g/mol. The summed E-state index contributed by atoms with van der Waals surface area (Å²) in [6.07, 6.45) is 0.421. The van der Waals surface area contributed by atoms with Gasteiger partial charge in [-0.2, -0.15) is 0 Å². The molecule has 0 spiro atoms. The third kappa shape index (κ3) is 4.90. The zero-order valence-corrected chi connectivity index (χ0v) is 20.7. The average Bonchev–Trinajstić information content (AvgIpc) is 2.76. The van der Waals surface area contributed by atoms with Gasteiger partial charge < -0.3 is 14.6 Å². The number of benzene rings is 3. The van der Waals surface area contributed by atoms with Gasteiger partial charge in [0.25, 0.3) is 0 Å². The number of hydrogen-bond donors (Lipinski definition) is 1. The van der Waals surface area contributed by atoms with E-state index in [4.69, 9.17) is 9.47 Å². The lowest BCUT2D eigenvalue weighted by Crippen LogP contribution is -2.40. The normalized spacial score (nSPS) is 12.3. The van der Waals surface area contributed by atoms with Crippen LogP contribution < -0.4 is 9.47 Å². The Morgan fingerprint density at radius 1 is 0.818 bits per heavy atom. The highest BCUT2D eigenvalue weighted by Gasteiger charge is 2.42. The van der Waals surface area contributed by atoms with E-state index < -0.39 is 17.3 Å². The summed E-state index contributed by atoms with van der Waals surface area (Å²) in [4.78, 5) is 12.8. The molecule has 4 heteroatoms. The molecule has 3 aromatic rings. The third-order valence-corrected chi connectivity index (χ3v) is 6.71. The van der Waals surface area contributed by atoms with Crippen molar-refractivity contribution < 1.29 is 19.4 Å². The van der Waals surface area contributed by atoms with Gasteiger partial charge in [0.15, 0.2) is 0 Å². The van der Waals surface area contributed by atoms with E-state index in [2.05, 4.69) is 30.3 Å². The lowest BCUT2D eigenvalue weighted by Gasteiger charge is -2.37. The summed E-state index contributed by atoms with van der Waals surface area (Å²) in [6, 6.07) is 18.2. The SMILES string of the molecule is COc1ccc(C(C)(c2ccc(OC)c(C)c2)C(Cc2cc(C)cc(C)c2)C(=O)O)cc1C. The molecule has 3 aromatic carbocycles. The number of aryl methyl sites for hydroxylation is 4. The first kappa shape index (κ1) is 24.4. The summed E-state index contributed by atoms with van der Waals surface area (Å²) in [5.74, 6) is 0.0688. The summed E-state index contributed by atoms with van der Waals surface area (Å²) in [7, 11) is 3.29. The Morgan fingerprint density at radius 2 is 1.27 bits per heavy atom. The molecule has 0 aliphatic rings. The molecule has 0 heterocycles. The molecule has 3 rings (SSSR count). The monoisotopic (exact) mass is 446 g/mol. The van der Waals surface area contributed by atoms with Crippen LogP contribution in [0.1, 0.15) is 45.9 Å². The molecule has 0 radical (unpaired) electrons. The fraction of sp³-hybridized carbons (Fsp3) is 0.345. The molecule has 174 valence electrons. The molecule has 1 N–H and O–H groups in total. The van der Waals surface area contributed by atoms with Gasteiger partial charge in [-0.05, 0) is 74.1 Å². The van der Waals surface area contributed by atoms with Gasteiger partial charge in [-0.15, -0.1) is 0 Å². The van der Waals surface area contributed by atoms with Crippen LogP contribution in [-0.2, 0) is 16.6 Å². The molecule has 0 saturated heterocycles. The number of carboxylic acids is 1. The lowest BCUT2D eigenvalue weighted by molar-refractivity contribution is -0.143. The topological polar surface area (TPSA) is 55.8 Å².